The Morgan fingerprint density at radius 1 is 1.33 bits per heavy atom. The van der Waals surface area contributed by atoms with Crippen molar-refractivity contribution in [2.45, 2.75) is 11.8 Å². The summed E-state index contributed by atoms with van der Waals surface area (Å²) in [6.45, 7) is 2.09. The van der Waals surface area contributed by atoms with E-state index in [0.717, 1.165) is 4.90 Å². The molecule has 2 aromatic rings. The third-order valence-corrected chi connectivity index (χ3v) is 4.14. The van der Waals surface area contributed by atoms with Crippen LogP contribution in [0.5, 0.6) is 0 Å². The van der Waals surface area contributed by atoms with Crippen LogP contribution in [0.2, 0.25) is 0 Å². The minimum absolute atomic E-state index is 1.08. The lowest BCUT2D eigenvalue weighted by Gasteiger charge is -1.97. The molecular formula is C9H7IS2. The fourth-order valence-electron chi connectivity index (χ4n) is 1.16. The van der Waals surface area contributed by atoms with Crippen molar-refractivity contribution < 1.29 is 0 Å². The molecule has 0 saturated heterocycles. The first-order valence-electron chi connectivity index (χ1n) is 3.55. The van der Waals surface area contributed by atoms with Gasteiger partial charge in [-0.25, -0.2) is 0 Å². The van der Waals surface area contributed by atoms with Crippen LogP contribution in [-0.2, 0) is 0 Å². The Morgan fingerprint density at radius 2 is 2.08 bits per heavy atom. The molecule has 0 amide bonds. The van der Waals surface area contributed by atoms with Crippen LogP contribution >= 0.6 is 46.6 Å². The molecule has 0 radical (unpaired) electrons. The Balaban J connectivity index is 2.83. The normalized spacial score (nSPS) is 10.9. The summed E-state index contributed by atoms with van der Waals surface area (Å²) in [6, 6.07) is 6.54. The quantitative estimate of drug-likeness (QED) is 0.550. The topological polar surface area (TPSA) is 0 Å². The first-order chi connectivity index (χ1) is 5.66. The molecule has 1 aromatic heterocycles. The van der Waals surface area contributed by atoms with Gasteiger partial charge in [-0.2, -0.15) is 0 Å². The molecule has 0 spiro atoms. The number of thiophene rings is 1. The molecule has 0 bridgehead atoms. The van der Waals surface area contributed by atoms with Crippen LogP contribution in [-0.4, -0.2) is 0 Å². The average Bonchev–Trinajstić information content (AvgIpc) is 2.30. The highest BCUT2D eigenvalue weighted by atomic mass is 127. The van der Waals surface area contributed by atoms with Gasteiger partial charge >= 0.3 is 0 Å². The zero-order chi connectivity index (χ0) is 8.72. The molecule has 0 N–H and O–H groups in total. The Kier molecular flexibility index (Phi) is 2.35. The fraction of sp³-hybridized carbons (Fsp3) is 0.111. The van der Waals surface area contributed by atoms with E-state index in [1.807, 2.05) is 11.3 Å². The van der Waals surface area contributed by atoms with Gasteiger partial charge in [0.1, 0.15) is 0 Å². The number of rotatable bonds is 0. The second kappa shape index (κ2) is 3.20. The summed E-state index contributed by atoms with van der Waals surface area (Å²) < 4.78 is 2.66. The van der Waals surface area contributed by atoms with Crippen LogP contribution in [0, 0.1) is 9.81 Å². The van der Waals surface area contributed by atoms with E-state index >= 15 is 0 Å². The third-order valence-electron chi connectivity index (χ3n) is 1.80. The van der Waals surface area contributed by atoms with Gasteiger partial charge in [0.2, 0.25) is 0 Å². The van der Waals surface area contributed by atoms with Crippen LogP contribution in [0.15, 0.2) is 23.1 Å². The van der Waals surface area contributed by atoms with E-state index < -0.39 is 0 Å². The van der Waals surface area contributed by atoms with E-state index in [1.54, 1.807) is 0 Å². The minimum atomic E-state index is 1.08. The first-order valence-corrected chi connectivity index (χ1v) is 5.90. The van der Waals surface area contributed by atoms with Crippen LogP contribution < -0.4 is 0 Å². The molecule has 1 heterocycles. The van der Waals surface area contributed by atoms with Crippen molar-refractivity contribution >= 4 is 56.6 Å². The van der Waals surface area contributed by atoms with Gasteiger partial charge in [0.25, 0.3) is 0 Å². The molecule has 0 aliphatic heterocycles. The molecular weight excluding hydrogens is 299 g/mol. The van der Waals surface area contributed by atoms with Gasteiger partial charge in [0.05, 0.1) is 2.88 Å². The van der Waals surface area contributed by atoms with Crippen molar-refractivity contribution in [2.75, 3.05) is 0 Å². The molecule has 0 saturated carbocycles. The molecule has 0 aliphatic carbocycles. The summed E-state index contributed by atoms with van der Waals surface area (Å²) in [5.41, 5.74) is 1.25. The Labute approximate surface area is 94.5 Å². The summed E-state index contributed by atoms with van der Waals surface area (Å²) in [7, 11) is 0. The maximum Gasteiger partial charge on any atom is 0.0666 e. The number of thiol groups is 1. The lowest BCUT2D eigenvalue weighted by Crippen LogP contribution is -1.73. The van der Waals surface area contributed by atoms with Gasteiger partial charge in [-0.05, 0) is 58.7 Å². The summed E-state index contributed by atoms with van der Waals surface area (Å²) in [6.07, 6.45) is 0. The molecule has 0 fully saturated rings. The van der Waals surface area contributed by atoms with Crippen molar-refractivity contribution in [3.63, 3.8) is 0 Å². The van der Waals surface area contributed by atoms with Crippen molar-refractivity contribution in [2.24, 2.45) is 0 Å². The van der Waals surface area contributed by atoms with Gasteiger partial charge in [-0.1, -0.05) is 0 Å². The first kappa shape index (κ1) is 8.84. The van der Waals surface area contributed by atoms with E-state index in [9.17, 15) is 0 Å². The van der Waals surface area contributed by atoms with Crippen LogP contribution in [0.1, 0.15) is 5.56 Å². The van der Waals surface area contributed by atoms with Gasteiger partial charge in [0, 0.05) is 9.60 Å². The largest absolute Gasteiger partial charge is 0.143 e. The number of halogens is 1. The van der Waals surface area contributed by atoms with Crippen LogP contribution in [0.25, 0.3) is 10.1 Å². The van der Waals surface area contributed by atoms with Gasteiger partial charge in [-0.3, -0.25) is 0 Å². The zero-order valence-corrected chi connectivity index (χ0v) is 10.3. The Hall–Kier alpha value is 0.260. The number of aryl methyl sites for hydroxylation is 1. The lowest BCUT2D eigenvalue weighted by molar-refractivity contribution is 1.35. The summed E-state index contributed by atoms with van der Waals surface area (Å²) in [5.74, 6) is 0. The monoisotopic (exact) mass is 306 g/mol. The van der Waals surface area contributed by atoms with E-state index in [0.29, 0.717) is 0 Å². The highest BCUT2D eigenvalue weighted by Gasteiger charge is 2.01. The lowest BCUT2D eigenvalue weighted by atomic mass is 10.2. The summed E-state index contributed by atoms with van der Waals surface area (Å²) >= 11 is 8.55. The van der Waals surface area contributed by atoms with E-state index in [-0.39, 0.29) is 0 Å². The predicted molar refractivity (Wildman–Crippen MR) is 66.5 cm³/mol. The smallest absolute Gasteiger partial charge is 0.0666 e. The second-order valence-corrected chi connectivity index (χ2v) is 6.19. The molecule has 0 unspecified atom stereocenters. The maximum atomic E-state index is 4.39. The van der Waals surface area contributed by atoms with E-state index in [1.165, 1.54) is 18.5 Å². The van der Waals surface area contributed by atoms with Crippen LogP contribution in [0.3, 0.4) is 0 Å². The minimum Gasteiger partial charge on any atom is -0.143 e. The highest BCUT2D eigenvalue weighted by Crippen LogP contribution is 2.30. The fourth-order valence-corrected chi connectivity index (χ4v) is 3.29. The molecule has 12 heavy (non-hydrogen) atoms. The molecule has 2 rings (SSSR count). The van der Waals surface area contributed by atoms with Crippen LogP contribution in [0.4, 0.5) is 0 Å². The Bertz CT molecular complexity index is 392. The summed E-state index contributed by atoms with van der Waals surface area (Å²) in [4.78, 5) is 1.08. The Morgan fingerprint density at radius 3 is 2.83 bits per heavy atom. The van der Waals surface area contributed by atoms with E-state index in [4.69, 9.17) is 0 Å². The predicted octanol–water partition coefficient (Wildman–Crippen LogP) is 4.10. The van der Waals surface area contributed by atoms with Gasteiger partial charge in [0.15, 0.2) is 0 Å². The maximum absolute atomic E-state index is 4.39. The molecule has 0 nitrogen and oxygen atoms in total. The zero-order valence-electron chi connectivity index (χ0n) is 6.47. The number of benzene rings is 1. The highest BCUT2D eigenvalue weighted by molar-refractivity contribution is 14.1. The van der Waals surface area contributed by atoms with Crippen molar-refractivity contribution in [3.05, 3.63) is 26.6 Å². The molecule has 62 valence electrons. The number of hydrogen-bond donors (Lipinski definition) is 1. The van der Waals surface area contributed by atoms with Crippen molar-refractivity contribution in [1.82, 2.24) is 0 Å². The summed E-state index contributed by atoms with van der Waals surface area (Å²) in [5, 5.41) is 1.33. The molecule has 0 aliphatic rings. The van der Waals surface area contributed by atoms with Crippen molar-refractivity contribution in [3.8, 4) is 0 Å². The third kappa shape index (κ3) is 1.49. The SMILES string of the molecule is Cc1cc2cc(I)sc2cc1S. The molecule has 1 aromatic carbocycles. The second-order valence-electron chi connectivity index (χ2n) is 2.73. The van der Waals surface area contributed by atoms with Gasteiger partial charge < -0.3 is 0 Å². The van der Waals surface area contributed by atoms with E-state index in [2.05, 4.69) is 60.3 Å². The number of fused-ring (bicyclic) bond motifs is 1. The molecule has 0 atom stereocenters. The van der Waals surface area contributed by atoms with Crippen molar-refractivity contribution in [1.29, 1.82) is 0 Å². The standard InChI is InChI=1S/C9H7IS2/c1-5-2-6-3-9(10)12-8(6)4-7(5)11/h2-4,11H,1H3. The number of hydrogen-bond acceptors (Lipinski definition) is 2. The van der Waals surface area contributed by atoms with Gasteiger partial charge in [-0.15, -0.1) is 24.0 Å². The average molecular weight is 306 g/mol. The molecule has 3 heteroatoms.